The van der Waals surface area contributed by atoms with Gasteiger partial charge in [-0.1, -0.05) is 43.3 Å². The molecule has 0 aromatic heterocycles. The Morgan fingerprint density at radius 3 is 2.28 bits per heavy atom. The van der Waals surface area contributed by atoms with Gasteiger partial charge in [0.25, 0.3) is 0 Å². The van der Waals surface area contributed by atoms with E-state index in [1.807, 2.05) is 19.2 Å². The second-order valence-corrected chi connectivity index (χ2v) is 7.32. The number of aliphatic imine (C=N–C) groups is 1. The van der Waals surface area contributed by atoms with Gasteiger partial charge in [-0.05, 0) is 55.3 Å². The summed E-state index contributed by atoms with van der Waals surface area (Å²) >= 11 is 0. The second-order valence-electron chi connectivity index (χ2n) is 7.32. The molecule has 0 aliphatic heterocycles. The Balaban J connectivity index is 0.00000420. The van der Waals surface area contributed by atoms with Crippen LogP contribution in [-0.4, -0.2) is 45.7 Å². The van der Waals surface area contributed by atoms with Gasteiger partial charge >= 0.3 is 0 Å². The number of guanidine groups is 1. The minimum Gasteiger partial charge on any atom is -0.497 e. The Kier molecular flexibility index (Phi) is 11.7. The van der Waals surface area contributed by atoms with Crippen LogP contribution in [-0.2, 0) is 13.1 Å². The maximum Gasteiger partial charge on any atom is 0.191 e. The second kappa shape index (κ2) is 13.4. The van der Waals surface area contributed by atoms with Crippen LogP contribution in [0.3, 0.4) is 0 Å². The highest BCUT2D eigenvalue weighted by Gasteiger charge is 2.07. The van der Waals surface area contributed by atoms with E-state index in [2.05, 4.69) is 77.9 Å². The Labute approximate surface area is 193 Å². The molecule has 0 aliphatic carbocycles. The lowest BCUT2D eigenvalue weighted by Crippen LogP contribution is -2.37. The van der Waals surface area contributed by atoms with Crippen LogP contribution in [0, 0.1) is 0 Å². The van der Waals surface area contributed by atoms with E-state index in [9.17, 15) is 0 Å². The molecule has 2 aromatic rings. The maximum absolute atomic E-state index is 5.23. The Bertz CT molecular complexity index is 747. The first-order valence-electron chi connectivity index (χ1n) is 9.83. The van der Waals surface area contributed by atoms with Gasteiger partial charge in [0.15, 0.2) is 5.96 Å². The highest BCUT2D eigenvalue weighted by Crippen LogP contribution is 2.21. The number of rotatable bonds is 9. The van der Waals surface area contributed by atoms with Crippen molar-refractivity contribution in [3.05, 3.63) is 65.2 Å². The molecule has 0 fully saturated rings. The molecule has 0 saturated heterocycles. The summed E-state index contributed by atoms with van der Waals surface area (Å²) < 4.78 is 5.23. The van der Waals surface area contributed by atoms with Crippen LogP contribution in [0.25, 0.3) is 0 Å². The first-order valence-corrected chi connectivity index (χ1v) is 9.83. The average molecular weight is 510 g/mol. The Morgan fingerprint density at radius 2 is 1.69 bits per heavy atom. The number of methoxy groups -OCH3 is 1. The molecule has 1 unspecified atom stereocenters. The van der Waals surface area contributed by atoms with Gasteiger partial charge in [0.1, 0.15) is 5.75 Å². The van der Waals surface area contributed by atoms with Crippen molar-refractivity contribution in [2.75, 3.05) is 34.8 Å². The molecule has 0 saturated carbocycles. The average Bonchev–Trinajstić information content (AvgIpc) is 2.71. The quantitative estimate of drug-likeness (QED) is 0.301. The molecule has 0 heterocycles. The van der Waals surface area contributed by atoms with E-state index in [0.29, 0.717) is 5.92 Å². The molecule has 0 radical (unpaired) electrons. The SMILES string of the molecule is CN=C(NCCC(C)c1ccc(OC)cc1)NCc1ccccc1CN(C)C.I. The van der Waals surface area contributed by atoms with Crippen LogP contribution < -0.4 is 15.4 Å². The maximum atomic E-state index is 5.23. The number of hydrogen-bond donors (Lipinski definition) is 2. The van der Waals surface area contributed by atoms with Crippen molar-refractivity contribution < 1.29 is 4.74 Å². The summed E-state index contributed by atoms with van der Waals surface area (Å²) in [7, 11) is 7.69. The fourth-order valence-corrected chi connectivity index (χ4v) is 3.13. The summed E-state index contributed by atoms with van der Waals surface area (Å²) in [4.78, 5) is 6.54. The van der Waals surface area contributed by atoms with E-state index in [0.717, 1.165) is 37.8 Å². The molecule has 5 nitrogen and oxygen atoms in total. The highest BCUT2D eigenvalue weighted by molar-refractivity contribution is 14.0. The Morgan fingerprint density at radius 1 is 1.03 bits per heavy atom. The van der Waals surface area contributed by atoms with Gasteiger partial charge in [0, 0.05) is 26.7 Å². The summed E-state index contributed by atoms with van der Waals surface area (Å²) in [5.74, 6) is 2.20. The predicted molar refractivity (Wildman–Crippen MR) is 133 cm³/mol. The first-order chi connectivity index (χ1) is 13.5. The lowest BCUT2D eigenvalue weighted by Gasteiger charge is -2.17. The van der Waals surface area contributed by atoms with Gasteiger partial charge in [-0.15, -0.1) is 24.0 Å². The zero-order valence-corrected chi connectivity index (χ0v) is 20.6. The standard InChI is InChI=1S/C23H34N4O.HI/c1-18(19-10-12-22(28-5)13-11-19)14-15-25-23(24-2)26-16-20-8-6-7-9-21(20)17-27(3)4;/h6-13,18H,14-17H2,1-5H3,(H2,24,25,26);1H. The first kappa shape index (κ1) is 25.2. The molecular weight excluding hydrogens is 475 g/mol. The fraction of sp³-hybridized carbons (Fsp3) is 0.435. The summed E-state index contributed by atoms with van der Waals surface area (Å²) in [5, 5.41) is 6.86. The van der Waals surface area contributed by atoms with E-state index >= 15 is 0 Å². The van der Waals surface area contributed by atoms with Crippen LogP contribution in [0.5, 0.6) is 5.75 Å². The monoisotopic (exact) mass is 510 g/mol. The van der Waals surface area contributed by atoms with Crippen LogP contribution >= 0.6 is 24.0 Å². The van der Waals surface area contributed by atoms with Crippen molar-refractivity contribution in [3.63, 3.8) is 0 Å². The van der Waals surface area contributed by atoms with E-state index < -0.39 is 0 Å². The van der Waals surface area contributed by atoms with Gasteiger partial charge in [-0.25, -0.2) is 0 Å². The number of benzene rings is 2. The zero-order valence-electron chi connectivity index (χ0n) is 18.2. The number of nitrogens with one attached hydrogen (secondary N) is 2. The molecule has 2 N–H and O–H groups in total. The molecule has 2 aromatic carbocycles. The van der Waals surface area contributed by atoms with Crippen LogP contribution in [0.15, 0.2) is 53.5 Å². The predicted octanol–water partition coefficient (Wildman–Crippen LogP) is 4.23. The van der Waals surface area contributed by atoms with Gasteiger partial charge in [-0.2, -0.15) is 0 Å². The largest absolute Gasteiger partial charge is 0.497 e. The molecular formula is C23H35IN4O. The summed E-state index contributed by atoms with van der Waals surface area (Å²) in [5.41, 5.74) is 3.96. The summed E-state index contributed by atoms with van der Waals surface area (Å²) in [6, 6.07) is 16.8. The molecule has 2 rings (SSSR count). The van der Waals surface area contributed by atoms with Gasteiger partial charge in [0.05, 0.1) is 7.11 Å². The van der Waals surface area contributed by atoms with Crippen molar-refractivity contribution >= 4 is 29.9 Å². The number of ether oxygens (including phenoxy) is 1. The smallest absolute Gasteiger partial charge is 0.191 e. The van der Waals surface area contributed by atoms with E-state index in [1.165, 1.54) is 16.7 Å². The summed E-state index contributed by atoms with van der Waals surface area (Å²) in [6.45, 7) is 4.81. The van der Waals surface area contributed by atoms with Gasteiger partial charge in [0.2, 0.25) is 0 Å². The van der Waals surface area contributed by atoms with Crippen molar-refractivity contribution in [2.24, 2.45) is 4.99 Å². The molecule has 160 valence electrons. The van der Waals surface area contributed by atoms with E-state index in [4.69, 9.17) is 4.74 Å². The number of halogens is 1. The summed E-state index contributed by atoms with van der Waals surface area (Å²) in [6.07, 6.45) is 1.03. The fourth-order valence-electron chi connectivity index (χ4n) is 3.13. The minimum atomic E-state index is 0. The van der Waals surface area contributed by atoms with Crippen molar-refractivity contribution in [2.45, 2.75) is 32.4 Å². The van der Waals surface area contributed by atoms with Crippen LogP contribution in [0.2, 0.25) is 0 Å². The third-order valence-electron chi connectivity index (χ3n) is 4.83. The highest BCUT2D eigenvalue weighted by atomic mass is 127. The molecule has 0 bridgehead atoms. The van der Waals surface area contributed by atoms with Crippen molar-refractivity contribution in [1.82, 2.24) is 15.5 Å². The molecule has 0 spiro atoms. The molecule has 0 amide bonds. The molecule has 29 heavy (non-hydrogen) atoms. The van der Waals surface area contributed by atoms with Crippen LogP contribution in [0.4, 0.5) is 0 Å². The Hall–Kier alpha value is -1.80. The third-order valence-corrected chi connectivity index (χ3v) is 4.83. The van der Waals surface area contributed by atoms with E-state index in [1.54, 1.807) is 7.11 Å². The van der Waals surface area contributed by atoms with Gasteiger partial charge < -0.3 is 20.3 Å². The van der Waals surface area contributed by atoms with Crippen molar-refractivity contribution in [3.8, 4) is 5.75 Å². The van der Waals surface area contributed by atoms with E-state index in [-0.39, 0.29) is 24.0 Å². The lowest BCUT2D eigenvalue weighted by atomic mass is 9.98. The minimum absolute atomic E-state index is 0. The molecule has 1 atom stereocenters. The lowest BCUT2D eigenvalue weighted by molar-refractivity contribution is 0.400. The topological polar surface area (TPSA) is 48.9 Å². The van der Waals surface area contributed by atoms with Crippen molar-refractivity contribution in [1.29, 1.82) is 0 Å². The molecule has 0 aliphatic rings. The third kappa shape index (κ3) is 8.62. The van der Waals surface area contributed by atoms with Crippen LogP contribution in [0.1, 0.15) is 36.0 Å². The number of hydrogen-bond acceptors (Lipinski definition) is 3. The zero-order chi connectivity index (χ0) is 20.4. The normalized spacial score (nSPS) is 12.3. The number of nitrogens with zero attached hydrogens (tertiary/aromatic N) is 2. The molecule has 6 heteroatoms. The van der Waals surface area contributed by atoms with Gasteiger partial charge in [-0.3, -0.25) is 4.99 Å².